The average molecular weight is 443 g/mol. The molecule has 4 heterocycles. The van der Waals surface area contributed by atoms with Crippen molar-refractivity contribution in [1.29, 1.82) is 0 Å². The first-order valence-corrected chi connectivity index (χ1v) is 10.9. The number of aryl methyl sites for hydroxylation is 1. The predicted molar refractivity (Wildman–Crippen MR) is 116 cm³/mol. The molecule has 5 rings (SSSR count). The molecule has 0 saturated carbocycles. The van der Waals surface area contributed by atoms with E-state index < -0.39 is 17.3 Å². The third-order valence-electron chi connectivity index (χ3n) is 6.34. The molecule has 2 aliphatic rings. The van der Waals surface area contributed by atoms with Gasteiger partial charge in [-0.25, -0.2) is 9.37 Å². The van der Waals surface area contributed by atoms with E-state index in [1.54, 1.807) is 29.1 Å². The van der Waals surface area contributed by atoms with Gasteiger partial charge < -0.3 is 21.5 Å². The fourth-order valence-electron chi connectivity index (χ4n) is 4.75. The number of thiazole rings is 1. The van der Waals surface area contributed by atoms with Crippen molar-refractivity contribution in [1.82, 2.24) is 14.8 Å². The van der Waals surface area contributed by atoms with E-state index in [2.05, 4.69) is 15.4 Å². The van der Waals surface area contributed by atoms with Gasteiger partial charge in [0.05, 0.1) is 23.2 Å². The lowest BCUT2D eigenvalue weighted by Gasteiger charge is -2.26. The second kappa shape index (κ2) is 7.11. The number of hydrogen-bond donors (Lipinski definition) is 3. The Kier molecular flexibility index (Phi) is 4.61. The van der Waals surface area contributed by atoms with Crippen molar-refractivity contribution in [2.45, 2.75) is 36.9 Å². The molecule has 2 bridgehead atoms. The zero-order chi connectivity index (χ0) is 21.8. The van der Waals surface area contributed by atoms with Crippen molar-refractivity contribution in [3.05, 3.63) is 47.7 Å². The van der Waals surface area contributed by atoms with E-state index in [1.165, 1.54) is 6.07 Å². The van der Waals surface area contributed by atoms with Crippen LogP contribution in [0.15, 0.2) is 30.5 Å². The Labute approximate surface area is 182 Å². The molecule has 10 heteroatoms. The van der Waals surface area contributed by atoms with Crippen molar-refractivity contribution < 1.29 is 13.9 Å². The van der Waals surface area contributed by atoms with Gasteiger partial charge in [0, 0.05) is 19.2 Å². The Hall–Kier alpha value is -2.82. The van der Waals surface area contributed by atoms with Gasteiger partial charge in [-0.1, -0.05) is 23.5 Å². The number of rotatable bonds is 5. The summed E-state index contributed by atoms with van der Waals surface area (Å²) < 4.78 is 22.3. The van der Waals surface area contributed by atoms with E-state index in [4.69, 9.17) is 16.2 Å². The highest BCUT2D eigenvalue weighted by atomic mass is 32.1. The number of halogens is 1. The number of nitrogen functional groups attached to an aromatic ring is 1. The second-order valence-electron chi connectivity index (χ2n) is 8.18. The van der Waals surface area contributed by atoms with Gasteiger partial charge in [-0.15, -0.1) is 0 Å². The van der Waals surface area contributed by atoms with Gasteiger partial charge in [-0.2, -0.15) is 5.10 Å². The second-order valence-corrected chi connectivity index (χ2v) is 9.21. The quantitative estimate of drug-likeness (QED) is 0.559. The molecular weight excluding hydrogens is 419 g/mol. The molecule has 2 saturated heterocycles. The standard InChI is InChI=1S/C21H23FN6O2S/c1-28-16(21-8-6-20(11-23,30-21)7-9-21)14(10-25-28)26-18(29)15-17(24)31-19(27-15)12-4-2-3-5-13(12)22/h2-5,10H,6-9,11,23-24H2,1H3,(H,26,29). The van der Waals surface area contributed by atoms with Crippen LogP contribution in [-0.2, 0) is 17.4 Å². The molecule has 5 N–H and O–H groups in total. The Morgan fingerprint density at radius 3 is 2.74 bits per heavy atom. The van der Waals surface area contributed by atoms with Crippen LogP contribution in [0.3, 0.4) is 0 Å². The topological polar surface area (TPSA) is 121 Å². The summed E-state index contributed by atoms with van der Waals surface area (Å²) in [6.45, 7) is 0.475. The van der Waals surface area contributed by atoms with E-state index in [9.17, 15) is 9.18 Å². The van der Waals surface area contributed by atoms with Crippen LogP contribution in [0.25, 0.3) is 10.6 Å². The number of fused-ring (bicyclic) bond motifs is 2. The molecule has 31 heavy (non-hydrogen) atoms. The van der Waals surface area contributed by atoms with Gasteiger partial charge >= 0.3 is 0 Å². The zero-order valence-corrected chi connectivity index (χ0v) is 17.8. The summed E-state index contributed by atoms with van der Waals surface area (Å²) in [6, 6.07) is 6.26. The first kappa shape index (κ1) is 20.1. The lowest BCUT2D eigenvalue weighted by Crippen LogP contribution is -2.34. The average Bonchev–Trinajstić information content (AvgIpc) is 3.51. The van der Waals surface area contributed by atoms with Crippen LogP contribution in [0.1, 0.15) is 41.9 Å². The minimum absolute atomic E-state index is 0.0608. The van der Waals surface area contributed by atoms with E-state index in [0.717, 1.165) is 42.7 Å². The number of nitrogens with two attached hydrogens (primary N) is 2. The van der Waals surface area contributed by atoms with Gasteiger partial charge in [0.2, 0.25) is 0 Å². The number of amides is 1. The highest BCUT2D eigenvalue weighted by Gasteiger charge is 2.57. The third-order valence-corrected chi connectivity index (χ3v) is 7.26. The molecule has 0 unspecified atom stereocenters. The van der Waals surface area contributed by atoms with Gasteiger partial charge in [0.25, 0.3) is 5.91 Å². The van der Waals surface area contributed by atoms with Gasteiger partial charge in [0.1, 0.15) is 21.4 Å². The first-order chi connectivity index (χ1) is 14.9. The maximum absolute atomic E-state index is 14.1. The van der Waals surface area contributed by atoms with E-state index >= 15 is 0 Å². The normalized spacial score (nSPS) is 24.6. The summed E-state index contributed by atoms with van der Waals surface area (Å²) in [5.74, 6) is -0.886. The Morgan fingerprint density at radius 1 is 1.32 bits per heavy atom. The molecule has 0 atom stereocenters. The number of anilines is 2. The first-order valence-electron chi connectivity index (χ1n) is 10.1. The van der Waals surface area contributed by atoms with E-state index in [0.29, 0.717) is 22.8 Å². The van der Waals surface area contributed by atoms with Crippen LogP contribution in [0.5, 0.6) is 0 Å². The molecule has 2 aromatic heterocycles. The summed E-state index contributed by atoms with van der Waals surface area (Å²) in [6.07, 6.45) is 5.01. The van der Waals surface area contributed by atoms with Gasteiger partial charge in [0.15, 0.2) is 5.69 Å². The predicted octanol–water partition coefficient (Wildman–Crippen LogP) is 3.01. The van der Waals surface area contributed by atoms with Crippen LogP contribution in [0.4, 0.5) is 15.1 Å². The molecule has 0 spiro atoms. The number of carbonyl (C=O) groups excluding carboxylic acids is 1. The summed E-state index contributed by atoms with van der Waals surface area (Å²) in [5.41, 5.74) is 13.0. The Bertz CT molecular complexity index is 1160. The van der Waals surface area contributed by atoms with Crippen molar-refractivity contribution in [2.24, 2.45) is 12.8 Å². The molecule has 2 aliphatic heterocycles. The summed E-state index contributed by atoms with van der Waals surface area (Å²) in [5, 5.41) is 7.81. The summed E-state index contributed by atoms with van der Waals surface area (Å²) >= 11 is 1.07. The summed E-state index contributed by atoms with van der Waals surface area (Å²) in [4.78, 5) is 17.3. The fourth-order valence-corrected chi connectivity index (χ4v) is 5.61. The van der Waals surface area contributed by atoms with Crippen molar-refractivity contribution in [3.63, 3.8) is 0 Å². The SMILES string of the molecule is Cn1ncc(NC(=O)c2nc(-c3ccccc3F)sc2N)c1C12CCC(CN)(CC1)O2. The minimum atomic E-state index is -0.515. The third kappa shape index (κ3) is 3.13. The number of aromatic nitrogens is 3. The number of hydrogen-bond acceptors (Lipinski definition) is 7. The lowest BCUT2D eigenvalue weighted by molar-refractivity contribution is -0.0499. The zero-order valence-electron chi connectivity index (χ0n) is 17.0. The van der Waals surface area contributed by atoms with Crippen LogP contribution in [0, 0.1) is 5.82 Å². The maximum atomic E-state index is 14.1. The molecule has 8 nitrogen and oxygen atoms in total. The summed E-state index contributed by atoms with van der Waals surface area (Å²) in [7, 11) is 1.83. The molecular formula is C21H23FN6O2S. The van der Waals surface area contributed by atoms with Gasteiger partial charge in [-0.05, 0) is 37.8 Å². The number of nitrogens with one attached hydrogen (secondary N) is 1. The molecule has 0 aliphatic carbocycles. The highest BCUT2D eigenvalue weighted by molar-refractivity contribution is 7.19. The van der Waals surface area contributed by atoms with Crippen LogP contribution >= 0.6 is 11.3 Å². The fraction of sp³-hybridized carbons (Fsp3) is 0.381. The molecule has 1 aromatic carbocycles. The number of nitrogens with zero attached hydrogens (tertiary/aromatic N) is 3. The lowest BCUT2D eigenvalue weighted by atomic mass is 9.80. The monoisotopic (exact) mass is 442 g/mol. The minimum Gasteiger partial charge on any atom is -0.389 e. The van der Waals surface area contributed by atoms with Crippen molar-refractivity contribution in [2.75, 3.05) is 17.6 Å². The smallest absolute Gasteiger partial charge is 0.277 e. The Morgan fingerprint density at radius 2 is 2.06 bits per heavy atom. The number of ether oxygens (including phenoxy) is 1. The number of benzene rings is 1. The van der Waals surface area contributed by atoms with Gasteiger partial charge in [-0.3, -0.25) is 9.48 Å². The molecule has 0 radical (unpaired) electrons. The highest BCUT2D eigenvalue weighted by Crippen LogP contribution is 2.57. The molecule has 1 amide bonds. The van der Waals surface area contributed by atoms with Crippen LogP contribution in [0.2, 0.25) is 0 Å². The van der Waals surface area contributed by atoms with E-state index in [-0.39, 0.29) is 16.3 Å². The van der Waals surface area contributed by atoms with Crippen molar-refractivity contribution in [3.8, 4) is 10.6 Å². The maximum Gasteiger partial charge on any atom is 0.277 e. The molecule has 3 aromatic rings. The van der Waals surface area contributed by atoms with E-state index in [1.807, 2.05) is 7.05 Å². The molecule has 162 valence electrons. The number of carbonyl (C=O) groups is 1. The van der Waals surface area contributed by atoms with Crippen LogP contribution in [-0.4, -0.2) is 32.8 Å². The Balaban J connectivity index is 1.44. The largest absolute Gasteiger partial charge is 0.389 e. The van der Waals surface area contributed by atoms with Crippen LogP contribution < -0.4 is 16.8 Å². The van der Waals surface area contributed by atoms with Crippen molar-refractivity contribution >= 4 is 27.9 Å². The molecule has 2 fully saturated rings.